The number of hydrogen-bond acceptors (Lipinski definition) is 7. The lowest BCUT2D eigenvalue weighted by Crippen LogP contribution is -2.25. The van der Waals surface area contributed by atoms with E-state index in [0.717, 1.165) is 11.3 Å². The van der Waals surface area contributed by atoms with Gasteiger partial charge in [-0.25, -0.2) is 0 Å². The summed E-state index contributed by atoms with van der Waals surface area (Å²) in [4.78, 5) is 41.8. The fourth-order valence-electron chi connectivity index (χ4n) is 3.93. The zero-order valence-electron chi connectivity index (χ0n) is 20.0. The standard InChI is InChI=1S/C29H22ClN5O3/c30-24-26(27(36)21-4-3-15-32-25(21)28(24)37)34-20-13-11-19(12-14-20)33-16-17-7-9-18(10-8-17)29(38)35-23-6-2-1-5-22(23)31/h1-15,33-34H,16,31H2,(H,35,38). The van der Waals surface area contributed by atoms with Gasteiger partial charge in [0, 0.05) is 29.7 Å². The van der Waals surface area contributed by atoms with Crippen LogP contribution in [0.15, 0.2) is 102 Å². The van der Waals surface area contributed by atoms with Gasteiger partial charge in [0.2, 0.25) is 11.6 Å². The molecule has 1 aliphatic rings. The quantitative estimate of drug-likeness (QED) is 0.237. The number of allylic oxidation sites excluding steroid dienone is 2. The normalized spacial score (nSPS) is 12.7. The van der Waals surface area contributed by atoms with E-state index in [0.29, 0.717) is 29.2 Å². The maximum atomic E-state index is 12.8. The number of nitrogen functional groups attached to an aromatic ring is 1. The zero-order chi connectivity index (χ0) is 26.6. The second-order valence-corrected chi connectivity index (χ2v) is 8.92. The molecule has 1 aliphatic carbocycles. The Morgan fingerprint density at radius 3 is 2.29 bits per heavy atom. The predicted molar refractivity (Wildman–Crippen MR) is 148 cm³/mol. The van der Waals surface area contributed by atoms with Crippen molar-refractivity contribution in [1.82, 2.24) is 4.98 Å². The first-order valence-corrected chi connectivity index (χ1v) is 12.1. The van der Waals surface area contributed by atoms with Gasteiger partial charge in [0.1, 0.15) is 16.4 Å². The fraction of sp³-hybridized carbons (Fsp3) is 0.0345. The Hall–Kier alpha value is -4.95. The largest absolute Gasteiger partial charge is 0.397 e. The summed E-state index contributed by atoms with van der Waals surface area (Å²) in [6.45, 7) is 0.536. The molecule has 3 aromatic carbocycles. The van der Waals surface area contributed by atoms with Crippen LogP contribution in [0, 0.1) is 0 Å². The monoisotopic (exact) mass is 523 g/mol. The van der Waals surface area contributed by atoms with Crippen molar-refractivity contribution in [1.29, 1.82) is 0 Å². The summed E-state index contributed by atoms with van der Waals surface area (Å²) in [5, 5.41) is 8.90. The van der Waals surface area contributed by atoms with Gasteiger partial charge in [0.25, 0.3) is 5.91 Å². The summed E-state index contributed by atoms with van der Waals surface area (Å²) in [6.07, 6.45) is 1.45. The van der Waals surface area contributed by atoms with Crippen LogP contribution in [0.25, 0.3) is 0 Å². The van der Waals surface area contributed by atoms with Gasteiger partial charge in [0.05, 0.1) is 16.9 Å². The summed E-state index contributed by atoms with van der Waals surface area (Å²) in [7, 11) is 0. The number of ketones is 2. The number of nitrogens with one attached hydrogen (secondary N) is 3. The van der Waals surface area contributed by atoms with Crippen LogP contribution in [0.4, 0.5) is 22.7 Å². The first-order valence-electron chi connectivity index (χ1n) is 11.7. The molecule has 1 amide bonds. The van der Waals surface area contributed by atoms with E-state index in [1.54, 1.807) is 54.6 Å². The molecule has 0 unspecified atom stereocenters. The smallest absolute Gasteiger partial charge is 0.255 e. The van der Waals surface area contributed by atoms with Crippen molar-refractivity contribution in [2.75, 3.05) is 21.7 Å². The highest BCUT2D eigenvalue weighted by Crippen LogP contribution is 2.28. The molecule has 9 heteroatoms. The minimum Gasteiger partial charge on any atom is -0.397 e. The van der Waals surface area contributed by atoms with Crippen molar-refractivity contribution in [2.45, 2.75) is 6.54 Å². The number of benzene rings is 3. The van der Waals surface area contributed by atoms with Crippen molar-refractivity contribution in [3.8, 4) is 0 Å². The number of carbonyl (C=O) groups is 3. The molecular weight excluding hydrogens is 502 g/mol. The van der Waals surface area contributed by atoms with Gasteiger partial charge in [-0.2, -0.15) is 0 Å². The molecule has 5 N–H and O–H groups in total. The Morgan fingerprint density at radius 2 is 1.55 bits per heavy atom. The third kappa shape index (κ3) is 5.11. The number of fused-ring (bicyclic) bond motifs is 1. The molecule has 1 aromatic heterocycles. The lowest BCUT2D eigenvalue weighted by atomic mass is 9.97. The summed E-state index contributed by atoms with van der Waals surface area (Å²) in [5.74, 6) is -1.11. The molecule has 38 heavy (non-hydrogen) atoms. The van der Waals surface area contributed by atoms with Crippen LogP contribution in [0.2, 0.25) is 0 Å². The molecule has 0 atom stereocenters. The Balaban J connectivity index is 1.19. The van der Waals surface area contributed by atoms with Crippen LogP contribution in [0.1, 0.15) is 36.8 Å². The van der Waals surface area contributed by atoms with Crippen molar-refractivity contribution < 1.29 is 14.4 Å². The van der Waals surface area contributed by atoms with E-state index in [2.05, 4.69) is 20.9 Å². The molecule has 0 saturated carbocycles. The van der Waals surface area contributed by atoms with Crippen molar-refractivity contribution >= 4 is 51.8 Å². The average Bonchev–Trinajstić information content (AvgIpc) is 2.95. The van der Waals surface area contributed by atoms with Gasteiger partial charge in [-0.15, -0.1) is 0 Å². The van der Waals surface area contributed by atoms with E-state index in [1.807, 2.05) is 30.3 Å². The summed E-state index contributed by atoms with van der Waals surface area (Å²) < 4.78 is 0. The fourth-order valence-corrected chi connectivity index (χ4v) is 4.15. The number of halogens is 1. The topological polar surface area (TPSA) is 126 Å². The Bertz CT molecular complexity index is 1580. The lowest BCUT2D eigenvalue weighted by molar-refractivity contribution is 0.0978. The number of aromatic nitrogens is 1. The lowest BCUT2D eigenvalue weighted by Gasteiger charge is -2.18. The predicted octanol–water partition coefficient (Wildman–Crippen LogP) is 5.47. The number of Topliss-reactive ketones (excluding diaryl/α,β-unsaturated/α-hetero) is 2. The number of carbonyl (C=O) groups excluding carboxylic acids is 3. The number of rotatable bonds is 7. The highest BCUT2D eigenvalue weighted by atomic mass is 35.5. The van der Waals surface area contributed by atoms with E-state index in [1.165, 1.54) is 6.20 Å². The van der Waals surface area contributed by atoms with Crippen LogP contribution in [-0.2, 0) is 6.54 Å². The highest BCUT2D eigenvalue weighted by Gasteiger charge is 2.32. The van der Waals surface area contributed by atoms with Crippen LogP contribution in [0.5, 0.6) is 0 Å². The minimum atomic E-state index is -0.490. The van der Waals surface area contributed by atoms with Crippen molar-refractivity contribution in [3.63, 3.8) is 0 Å². The third-order valence-corrected chi connectivity index (χ3v) is 6.35. The second-order valence-electron chi connectivity index (χ2n) is 8.54. The number of amides is 1. The number of nitrogens with two attached hydrogens (primary N) is 1. The van der Waals surface area contributed by atoms with Crippen LogP contribution in [0.3, 0.4) is 0 Å². The molecule has 5 rings (SSSR count). The van der Waals surface area contributed by atoms with Gasteiger partial charge < -0.3 is 21.7 Å². The summed E-state index contributed by atoms with van der Waals surface area (Å²) >= 11 is 6.20. The van der Waals surface area contributed by atoms with Gasteiger partial charge in [-0.1, -0.05) is 35.9 Å². The number of anilines is 4. The van der Waals surface area contributed by atoms with Gasteiger partial charge >= 0.3 is 0 Å². The van der Waals surface area contributed by atoms with Gasteiger partial charge in [-0.05, 0) is 66.2 Å². The molecule has 4 aromatic rings. The third-order valence-electron chi connectivity index (χ3n) is 5.99. The minimum absolute atomic E-state index is 0.0250. The van der Waals surface area contributed by atoms with Gasteiger partial charge in [0.15, 0.2) is 0 Å². The van der Waals surface area contributed by atoms with E-state index in [-0.39, 0.29) is 33.7 Å². The highest BCUT2D eigenvalue weighted by molar-refractivity contribution is 6.50. The average molecular weight is 524 g/mol. The van der Waals surface area contributed by atoms with Crippen molar-refractivity contribution in [3.05, 3.63) is 124 Å². The maximum Gasteiger partial charge on any atom is 0.255 e. The SMILES string of the molecule is Nc1ccccc1NC(=O)c1ccc(CNc2ccc(NC3=C(Cl)C(=O)c4ncccc4C3=O)cc2)cc1. The number of para-hydroxylation sites is 2. The number of nitrogens with zero attached hydrogens (tertiary/aromatic N) is 1. The van der Waals surface area contributed by atoms with E-state index in [9.17, 15) is 14.4 Å². The van der Waals surface area contributed by atoms with E-state index in [4.69, 9.17) is 17.3 Å². The molecule has 0 saturated heterocycles. The first kappa shape index (κ1) is 24.7. The molecular formula is C29H22ClN5O3. The number of pyridine rings is 1. The van der Waals surface area contributed by atoms with Crippen LogP contribution in [-0.4, -0.2) is 22.5 Å². The zero-order valence-corrected chi connectivity index (χ0v) is 20.8. The second kappa shape index (κ2) is 10.6. The van der Waals surface area contributed by atoms with Crippen molar-refractivity contribution in [2.24, 2.45) is 0 Å². The Labute approximate surface area is 223 Å². The van der Waals surface area contributed by atoms with Gasteiger partial charge in [-0.3, -0.25) is 19.4 Å². The molecule has 0 spiro atoms. The van der Waals surface area contributed by atoms with Crippen LogP contribution < -0.4 is 21.7 Å². The summed E-state index contributed by atoms with van der Waals surface area (Å²) in [6, 6.07) is 24.7. The summed E-state index contributed by atoms with van der Waals surface area (Å²) in [5.41, 5.74) is 10.2. The molecule has 8 nitrogen and oxygen atoms in total. The van der Waals surface area contributed by atoms with E-state index < -0.39 is 5.78 Å². The molecule has 1 heterocycles. The first-order chi connectivity index (χ1) is 18.4. The Kier molecular flexibility index (Phi) is 6.88. The maximum absolute atomic E-state index is 12.8. The number of hydrogen-bond donors (Lipinski definition) is 4. The molecule has 0 aliphatic heterocycles. The Morgan fingerprint density at radius 1 is 0.842 bits per heavy atom. The molecule has 188 valence electrons. The molecule has 0 radical (unpaired) electrons. The molecule has 0 fully saturated rings. The van der Waals surface area contributed by atoms with Crippen LogP contribution >= 0.6 is 11.6 Å². The molecule has 0 bridgehead atoms. The van der Waals surface area contributed by atoms with E-state index >= 15 is 0 Å².